The fraction of sp³-hybridized carbons (Fsp3) is 0. The summed E-state index contributed by atoms with van der Waals surface area (Å²) in [5.74, 6) is 0. The topological polar surface area (TPSA) is 8.17 Å². The number of nitrogens with zero attached hydrogens (tertiary/aromatic N) is 2. The average molecular weight is 663 g/mol. The van der Waals surface area contributed by atoms with Gasteiger partial charge in [-0.15, -0.1) is 0 Å². The molecule has 1 aromatic heterocycles. The summed E-state index contributed by atoms with van der Waals surface area (Å²) >= 11 is 0. The molecule has 0 N–H and O–H groups in total. The van der Waals surface area contributed by atoms with Crippen LogP contribution in [0.25, 0.3) is 71.3 Å². The van der Waals surface area contributed by atoms with Gasteiger partial charge in [0, 0.05) is 27.8 Å². The van der Waals surface area contributed by atoms with E-state index in [1.807, 2.05) is 0 Å². The Labute approximate surface area is 303 Å². The smallest absolute Gasteiger partial charge is 0.0782 e. The second-order valence-corrected chi connectivity index (χ2v) is 13.3. The molecule has 0 saturated heterocycles. The first-order chi connectivity index (χ1) is 25.8. The van der Waals surface area contributed by atoms with E-state index >= 15 is 0 Å². The lowest BCUT2D eigenvalue weighted by Gasteiger charge is -2.27. The van der Waals surface area contributed by atoms with Gasteiger partial charge in [0.2, 0.25) is 0 Å². The first-order valence-corrected chi connectivity index (χ1v) is 17.9. The van der Waals surface area contributed by atoms with Crippen LogP contribution in [0.3, 0.4) is 0 Å². The fourth-order valence-corrected chi connectivity index (χ4v) is 8.08. The van der Waals surface area contributed by atoms with Gasteiger partial charge in [-0.1, -0.05) is 158 Å². The van der Waals surface area contributed by atoms with Crippen LogP contribution in [0.4, 0.5) is 17.1 Å². The number of para-hydroxylation sites is 3. The van der Waals surface area contributed by atoms with E-state index < -0.39 is 0 Å². The highest BCUT2D eigenvalue weighted by Gasteiger charge is 2.22. The number of aromatic nitrogens is 1. The lowest BCUT2D eigenvalue weighted by atomic mass is 9.91. The molecule has 0 aliphatic rings. The van der Waals surface area contributed by atoms with Gasteiger partial charge in [0.05, 0.1) is 16.7 Å². The summed E-state index contributed by atoms with van der Waals surface area (Å²) in [5, 5.41) is 7.52. The molecule has 0 aliphatic heterocycles. The van der Waals surface area contributed by atoms with Crippen molar-refractivity contribution in [3.63, 3.8) is 0 Å². The fourth-order valence-electron chi connectivity index (χ4n) is 8.08. The molecular formula is C50H34N2. The predicted octanol–water partition coefficient (Wildman–Crippen LogP) is 13.9. The van der Waals surface area contributed by atoms with Crippen LogP contribution in [0, 0.1) is 0 Å². The Balaban J connectivity index is 1.20. The average Bonchev–Trinajstić information content (AvgIpc) is 3.57. The Morgan fingerprint density at radius 1 is 0.346 bits per heavy atom. The minimum atomic E-state index is 1.10. The Kier molecular flexibility index (Phi) is 7.18. The van der Waals surface area contributed by atoms with E-state index in [2.05, 4.69) is 216 Å². The van der Waals surface area contributed by atoms with Crippen LogP contribution in [-0.4, -0.2) is 4.57 Å². The third-order valence-corrected chi connectivity index (χ3v) is 10.4. The molecule has 2 nitrogen and oxygen atoms in total. The molecule has 0 unspecified atom stereocenters. The molecule has 0 fully saturated rings. The van der Waals surface area contributed by atoms with Crippen molar-refractivity contribution >= 4 is 60.4 Å². The minimum absolute atomic E-state index is 1.10. The quantitative estimate of drug-likeness (QED) is 0.172. The molecule has 52 heavy (non-hydrogen) atoms. The largest absolute Gasteiger partial charge is 0.308 e. The van der Waals surface area contributed by atoms with Crippen LogP contribution in [0.2, 0.25) is 0 Å². The van der Waals surface area contributed by atoms with Gasteiger partial charge >= 0.3 is 0 Å². The predicted molar refractivity (Wildman–Crippen MR) is 221 cm³/mol. The van der Waals surface area contributed by atoms with Gasteiger partial charge in [-0.05, 0) is 92.3 Å². The lowest BCUT2D eigenvalue weighted by Crippen LogP contribution is -2.11. The highest BCUT2D eigenvalue weighted by Crippen LogP contribution is 2.45. The van der Waals surface area contributed by atoms with Gasteiger partial charge in [0.1, 0.15) is 0 Å². The molecule has 0 radical (unpaired) electrons. The second kappa shape index (κ2) is 12.5. The van der Waals surface area contributed by atoms with E-state index in [0.717, 1.165) is 22.7 Å². The number of hydrogen-bond acceptors (Lipinski definition) is 1. The van der Waals surface area contributed by atoms with E-state index in [-0.39, 0.29) is 0 Å². The zero-order valence-electron chi connectivity index (χ0n) is 28.5. The first-order valence-electron chi connectivity index (χ1n) is 17.9. The Bertz CT molecular complexity index is 2870. The monoisotopic (exact) mass is 662 g/mol. The molecule has 0 saturated carbocycles. The van der Waals surface area contributed by atoms with Crippen LogP contribution in [0.15, 0.2) is 206 Å². The molecular weight excluding hydrogens is 629 g/mol. The maximum atomic E-state index is 2.44. The summed E-state index contributed by atoms with van der Waals surface area (Å²) in [4.78, 5) is 2.41. The molecule has 2 heteroatoms. The van der Waals surface area contributed by atoms with Crippen molar-refractivity contribution in [3.05, 3.63) is 206 Å². The Hall–Kier alpha value is -6.90. The van der Waals surface area contributed by atoms with E-state index in [1.54, 1.807) is 0 Å². The van der Waals surface area contributed by atoms with Gasteiger partial charge in [0.25, 0.3) is 0 Å². The summed E-state index contributed by atoms with van der Waals surface area (Å²) in [5.41, 5.74) is 11.7. The minimum Gasteiger partial charge on any atom is -0.308 e. The molecule has 0 aliphatic carbocycles. The number of hydrogen-bond donors (Lipinski definition) is 0. The van der Waals surface area contributed by atoms with Gasteiger partial charge in [-0.25, -0.2) is 0 Å². The molecule has 9 aromatic carbocycles. The van der Waals surface area contributed by atoms with Crippen molar-refractivity contribution in [1.82, 2.24) is 4.57 Å². The van der Waals surface area contributed by atoms with Gasteiger partial charge < -0.3 is 9.47 Å². The summed E-state index contributed by atoms with van der Waals surface area (Å²) < 4.78 is 2.44. The van der Waals surface area contributed by atoms with Crippen LogP contribution in [0.1, 0.15) is 0 Å². The van der Waals surface area contributed by atoms with Gasteiger partial charge in [-0.3, -0.25) is 0 Å². The van der Waals surface area contributed by atoms with E-state index in [4.69, 9.17) is 0 Å². The van der Waals surface area contributed by atoms with Crippen molar-refractivity contribution in [1.29, 1.82) is 0 Å². The zero-order chi connectivity index (χ0) is 34.4. The van der Waals surface area contributed by atoms with Crippen molar-refractivity contribution in [2.75, 3.05) is 4.90 Å². The number of fused-ring (bicyclic) bond motifs is 6. The van der Waals surface area contributed by atoms with Crippen molar-refractivity contribution < 1.29 is 0 Å². The SMILES string of the molecule is c1ccc(-c2cccc3cccc(-c4ccc(N(c5ccccc5)c5cccc6c7c8ccccc8ccc7n(-c7ccccc7)c56)cc4)c23)cc1. The van der Waals surface area contributed by atoms with Gasteiger partial charge in [-0.2, -0.15) is 0 Å². The van der Waals surface area contributed by atoms with E-state index in [9.17, 15) is 0 Å². The van der Waals surface area contributed by atoms with Crippen molar-refractivity contribution in [2.24, 2.45) is 0 Å². The zero-order valence-corrected chi connectivity index (χ0v) is 28.5. The van der Waals surface area contributed by atoms with E-state index in [0.29, 0.717) is 0 Å². The molecule has 0 bridgehead atoms. The Morgan fingerprint density at radius 3 is 1.63 bits per heavy atom. The van der Waals surface area contributed by atoms with Gasteiger partial charge in [0.15, 0.2) is 0 Å². The highest BCUT2D eigenvalue weighted by atomic mass is 15.2. The molecule has 10 rings (SSSR count). The normalized spacial score (nSPS) is 11.5. The second-order valence-electron chi connectivity index (χ2n) is 13.3. The molecule has 1 heterocycles. The number of anilines is 3. The number of rotatable bonds is 6. The lowest BCUT2D eigenvalue weighted by molar-refractivity contribution is 1.17. The summed E-state index contributed by atoms with van der Waals surface area (Å²) in [6.45, 7) is 0. The molecule has 244 valence electrons. The summed E-state index contributed by atoms with van der Waals surface area (Å²) in [6, 6.07) is 74.6. The third-order valence-electron chi connectivity index (χ3n) is 10.4. The molecule has 10 aromatic rings. The first kappa shape index (κ1) is 30.0. The van der Waals surface area contributed by atoms with Crippen molar-refractivity contribution in [3.8, 4) is 27.9 Å². The molecule has 0 atom stereocenters. The van der Waals surface area contributed by atoms with Crippen molar-refractivity contribution in [2.45, 2.75) is 0 Å². The molecule has 0 amide bonds. The maximum absolute atomic E-state index is 2.44. The third kappa shape index (κ3) is 4.88. The summed E-state index contributed by atoms with van der Waals surface area (Å²) in [7, 11) is 0. The van der Waals surface area contributed by atoms with Crippen LogP contribution in [-0.2, 0) is 0 Å². The van der Waals surface area contributed by atoms with Crippen LogP contribution in [0.5, 0.6) is 0 Å². The maximum Gasteiger partial charge on any atom is 0.0782 e. The highest BCUT2D eigenvalue weighted by molar-refractivity contribution is 6.23. The Morgan fingerprint density at radius 2 is 0.904 bits per heavy atom. The number of benzene rings is 9. The summed E-state index contributed by atoms with van der Waals surface area (Å²) in [6.07, 6.45) is 0. The van der Waals surface area contributed by atoms with E-state index in [1.165, 1.54) is 65.6 Å². The van der Waals surface area contributed by atoms with Crippen LogP contribution < -0.4 is 4.90 Å². The molecule has 0 spiro atoms. The van der Waals surface area contributed by atoms with Crippen LogP contribution >= 0.6 is 0 Å². The standard InChI is InChI=1S/C50H34N2/c1-4-15-35(16-5-1)42-25-12-18-38-19-13-26-43(48(38)42)37-29-32-41(33-30-37)51(39-20-6-2-7-21-39)47-28-14-27-45-49-44-24-11-10-17-36(44)31-34-46(49)52(50(45)47)40-22-8-3-9-23-40/h1-34H.